The zero-order valence-electron chi connectivity index (χ0n) is 17.1. The third-order valence-corrected chi connectivity index (χ3v) is 4.77. The van der Waals surface area contributed by atoms with Gasteiger partial charge in [0.15, 0.2) is 5.78 Å². The van der Waals surface area contributed by atoms with Gasteiger partial charge in [0.2, 0.25) is 0 Å². The van der Waals surface area contributed by atoms with E-state index in [4.69, 9.17) is 0 Å². The van der Waals surface area contributed by atoms with Gasteiger partial charge in [-0.1, -0.05) is 6.07 Å². The van der Waals surface area contributed by atoms with Crippen LogP contribution in [-0.2, 0) is 11.2 Å². The summed E-state index contributed by atoms with van der Waals surface area (Å²) < 4.78 is 43.6. The van der Waals surface area contributed by atoms with Crippen LogP contribution < -0.4 is 10.5 Å². The van der Waals surface area contributed by atoms with E-state index in [1.165, 1.54) is 11.0 Å². The van der Waals surface area contributed by atoms with E-state index in [1.54, 1.807) is 27.1 Å². The number of pyridine rings is 1. The van der Waals surface area contributed by atoms with Gasteiger partial charge in [0.25, 0.3) is 5.56 Å². The molecule has 0 saturated heterocycles. The second-order valence-electron chi connectivity index (χ2n) is 7.21. The summed E-state index contributed by atoms with van der Waals surface area (Å²) in [5.74, 6) is -3.38. The van der Waals surface area contributed by atoms with E-state index < -0.39 is 28.8 Å². The predicted octanol–water partition coefficient (Wildman–Crippen LogP) is 3.60. The van der Waals surface area contributed by atoms with Gasteiger partial charge in [0.05, 0.1) is 16.8 Å². The highest BCUT2D eigenvalue weighted by atomic mass is 19.1. The first-order valence-electron chi connectivity index (χ1n) is 9.31. The average molecular weight is 428 g/mol. The van der Waals surface area contributed by atoms with Crippen molar-refractivity contribution >= 4 is 17.9 Å². The molecule has 0 atom stereocenters. The molecule has 0 amide bonds. The SMILES string of the molecule is Cc1cc(CC=O)cc(F)c1-n1c(N(C)C)c(C(=O)c2ccc(F)cc2F)ccc1=O. The molecule has 0 aliphatic heterocycles. The number of hydrogen-bond acceptors (Lipinski definition) is 4. The van der Waals surface area contributed by atoms with Gasteiger partial charge in [-0.2, -0.15) is 0 Å². The molecule has 160 valence electrons. The Morgan fingerprint density at radius 3 is 2.26 bits per heavy atom. The van der Waals surface area contributed by atoms with Crippen molar-refractivity contribution in [2.45, 2.75) is 13.3 Å². The Balaban J connectivity index is 2.30. The number of hydrogen-bond donors (Lipinski definition) is 0. The first-order chi connectivity index (χ1) is 14.6. The molecule has 8 heteroatoms. The van der Waals surface area contributed by atoms with E-state index in [0.717, 1.165) is 28.8 Å². The molecule has 0 aliphatic rings. The summed E-state index contributed by atoms with van der Waals surface area (Å²) in [6, 6.07) is 7.60. The van der Waals surface area contributed by atoms with Crippen molar-refractivity contribution in [1.82, 2.24) is 4.57 Å². The van der Waals surface area contributed by atoms with Gasteiger partial charge in [-0.05, 0) is 42.3 Å². The maximum atomic E-state index is 15.0. The number of aryl methyl sites for hydroxylation is 1. The molecular weight excluding hydrogens is 409 g/mol. The van der Waals surface area contributed by atoms with Crippen LogP contribution in [0.1, 0.15) is 27.0 Å². The Morgan fingerprint density at radius 1 is 1.00 bits per heavy atom. The zero-order chi connectivity index (χ0) is 22.9. The Labute approximate surface area is 176 Å². The van der Waals surface area contributed by atoms with Crippen molar-refractivity contribution < 1.29 is 22.8 Å². The van der Waals surface area contributed by atoms with Gasteiger partial charge in [-0.3, -0.25) is 14.2 Å². The highest BCUT2D eigenvalue weighted by Gasteiger charge is 2.24. The van der Waals surface area contributed by atoms with Gasteiger partial charge in [0, 0.05) is 32.6 Å². The Bertz CT molecular complexity index is 1230. The minimum absolute atomic E-state index is 0.00977. The number of carbonyl (C=O) groups excluding carboxylic acids is 2. The molecule has 0 N–H and O–H groups in total. The van der Waals surface area contributed by atoms with Crippen molar-refractivity contribution in [2.24, 2.45) is 0 Å². The molecule has 31 heavy (non-hydrogen) atoms. The third-order valence-electron chi connectivity index (χ3n) is 4.77. The fourth-order valence-corrected chi connectivity index (χ4v) is 3.49. The Kier molecular flexibility index (Phi) is 6.10. The zero-order valence-corrected chi connectivity index (χ0v) is 17.1. The molecule has 0 fully saturated rings. The van der Waals surface area contributed by atoms with Crippen LogP contribution >= 0.6 is 0 Å². The molecule has 0 unspecified atom stereocenters. The fourth-order valence-electron chi connectivity index (χ4n) is 3.49. The van der Waals surface area contributed by atoms with Gasteiger partial charge in [0.1, 0.15) is 29.6 Å². The van der Waals surface area contributed by atoms with Gasteiger partial charge < -0.3 is 9.69 Å². The van der Waals surface area contributed by atoms with Crippen LogP contribution in [0, 0.1) is 24.4 Å². The van der Waals surface area contributed by atoms with Gasteiger partial charge >= 0.3 is 0 Å². The quantitative estimate of drug-likeness (QED) is 0.445. The van der Waals surface area contributed by atoms with Crippen LogP contribution in [0.3, 0.4) is 0 Å². The maximum absolute atomic E-state index is 15.0. The molecule has 1 aromatic heterocycles. The third kappa shape index (κ3) is 4.14. The highest BCUT2D eigenvalue weighted by Crippen LogP contribution is 2.28. The van der Waals surface area contributed by atoms with Crippen molar-refractivity contribution in [2.75, 3.05) is 19.0 Å². The summed E-state index contributed by atoms with van der Waals surface area (Å²) in [6.45, 7) is 1.58. The number of carbonyl (C=O) groups is 2. The lowest BCUT2D eigenvalue weighted by Crippen LogP contribution is -2.29. The summed E-state index contributed by atoms with van der Waals surface area (Å²) >= 11 is 0. The lowest BCUT2D eigenvalue weighted by Gasteiger charge is -2.24. The van der Waals surface area contributed by atoms with E-state index in [9.17, 15) is 23.2 Å². The number of anilines is 1. The monoisotopic (exact) mass is 428 g/mol. The Hall–Kier alpha value is -3.68. The molecule has 0 radical (unpaired) electrons. The summed E-state index contributed by atoms with van der Waals surface area (Å²) in [6.07, 6.45) is 0.650. The molecule has 1 heterocycles. The molecule has 3 rings (SSSR count). The standard InChI is InChI=1S/C23H19F3N2O3/c1-13-10-14(8-9-29)11-19(26)21(13)28-20(30)7-6-17(23(28)27(2)3)22(31)16-5-4-15(24)12-18(16)25/h4-7,9-12H,8H2,1-3H3. The molecule has 0 spiro atoms. The lowest BCUT2D eigenvalue weighted by molar-refractivity contribution is -0.107. The van der Waals surface area contributed by atoms with Crippen LogP contribution in [0.25, 0.3) is 5.69 Å². The number of rotatable bonds is 6. The lowest BCUT2D eigenvalue weighted by atomic mass is 10.0. The van der Waals surface area contributed by atoms with E-state index in [1.807, 2.05) is 0 Å². The summed E-state index contributed by atoms with van der Waals surface area (Å²) in [5.41, 5.74) is -0.324. The molecule has 3 aromatic rings. The van der Waals surface area contributed by atoms with E-state index >= 15 is 4.39 Å². The largest absolute Gasteiger partial charge is 0.363 e. The van der Waals surface area contributed by atoms with Crippen LogP contribution in [0.2, 0.25) is 0 Å². The van der Waals surface area contributed by atoms with Crippen LogP contribution in [-0.4, -0.2) is 30.7 Å². The fraction of sp³-hybridized carbons (Fsp3) is 0.174. The second-order valence-corrected chi connectivity index (χ2v) is 7.21. The van der Waals surface area contributed by atoms with Crippen LogP contribution in [0.5, 0.6) is 0 Å². The van der Waals surface area contributed by atoms with E-state index in [-0.39, 0.29) is 29.1 Å². The molecule has 0 aliphatic carbocycles. The minimum Gasteiger partial charge on any atom is -0.363 e. The maximum Gasteiger partial charge on any atom is 0.256 e. The highest BCUT2D eigenvalue weighted by molar-refractivity contribution is 6.12. The van der Waals surface area contributed by atoms with Crippen LogP contribution in [0.15, 0.2) is 47.3 Å². The number of halogens is 3. The number of ketones is 1. The van der Waals surface area contributed by atoms with Crippen molar-refractivity contribution in [3.8, 4) is 5.69 Å². The van der Waals surface area contributed by atoms with Gasteiger partial charge in [-0.25, -0.2) is 13.2 Å². The molecule has 2 aromatic carbocycles. The molecule has 0 saturated carbocycles. The normalized spacial score (nSPS) is 10.8. The van der Waals surface area contributed by atoms with Crippen LogP contribution in [0.4, 0.5) is 19.0 Å². The smallest absolute Gasteiger partial charge is 0.256 e. The summed E-state index contributed by atoms with van der Waals surface area (Å²) in [7, 11) is 3.11. The topological polar surface area (TPSA) is 59.4 Å². The first-order valence-corrected chi connectivity index (χ1v) is 9.31. The summed E-state index contributed by atoms with van der Waals surface area (Å²) in [5, 5.41) is 0. The molecular formula is C23H19F3N2O3. The van der Waals surface area contributed by atoms with Crippen molar-refractivity contribution in [1.29, 1.82) is 0 Å². The van der Waals surface area contributed by atoms with Crippen molar-refractivity contribution in [3.05, 3.63) is 92.5 Å². The number of aromatic nitrogens is 1. The van der Waals surface area contributed by atoms with Gasteiger partial charge in [-0.15, -0.1) is 0 Å². The second kappa shape index (κ2) is 8.59. The predicted molar refractivity (Wildman–Crippen MR) is 111 cm³/mol. The number of nitrogens with zero attached hydrogens (tertiary/aromatic N) is 2. The number of benzene rings is 2. The van der Waals surface area contributed by atoms with Crippen molar-refractivity contribution in [3.63, 3.8) is 0 Å². The first kappa shape index (κ1) is 22.0. The Morgan fingerprint density at radius 2 is 1.68 bits per heavy atom. The number of aldehydes is 1. The summed E-state index contributed by atoms with van der Waals surface area (Å²) in [4.78, 5) is 38.0. The molecule has 0 bridgehead atoms. The van der Waals surface area contributed by atoms with E-state index in [2.05, 4.69) is 0 Å². The van der Waals surface area contributed by atoms with E-state index in [0.29, 0.717) is 23.5 Å². The molecule has 5 nitrogen and oxygen atoms in total. The minimum atomic E-state index is -1.05. The average Bonchev–Trinajstić information content (AvgIpc) is 2.68.